The highest BCUT2D eigenvalue weighted by atomic mass is 15.2. The van der Waals surface area contributed by atoms with Gasteiger partial charge in [-0.3, -0.25) is 4.90 Å². The van der Waals surface area contributed by atoms with Gasteiger partial charge in [-0.15, -0.1) is 0 Å². The molecule has 2 fully saturated rings. The highest BCUT2D eigenvalue weighted by Gasteiger charge is 2.39. The minimum absolute atomic E-state index is 0.848. The standard InChI is InChI=1S/C15H26N2/c1-2-16-11-13-7-3-4-8-14(13)15(12-16)17-9-5-6-10-17/h3-4,13-15H,2,5-12H2,1H3. The van der Waals surface area contributed by atoms with Crippen molar-refractivity contribution in [3.05, 3.63) is 12.2 Å². The molecule has 3 unspecified atom stereocenters. The average molecular weight is 234 g/mol. The first-order valence-corrected chi connectivity index (χ1v) is 7.50. The Hall–Kier alpha value is -0.340. The molecule has 17 heavy (non-hydrogen) atoms. The third-order valence-corrected chi connectivity index (χ3v) is 5.11. The summed E-state index contributed by atoms with van der Waals surface area (Å²) in [5, 5.41) is 0. The lowest BCUT2D eigenvalue weighted by atomic mass is 9.75. The number of allylic oxidation sites excluding steroid dienone is 2. The van der Waals surface area contributed by atoms with E-state index >= 15 is 0 Å². The first-order chi connectivity index (χ1) is 8.38. The molecule has 0 N–H and O–H groups in total. The predicted octanol–water partition coefficient (Wildman–Crippen LogP) is 2.37. The fourth-order valence-corrected chi connectivity index (χ4v) is 4.10. The number of fused-ring (bicyclic) bond motifs is 1. The molecule has 2 aliphatic heterocycles. The normalized spacial score (nSPS) is 39.5. The van der Waals surface area contributed by atoms with Crippen LogP contribution in [0, 0.1) is 11.8 Å². The molecule has 0 aromatic heterocycles. The van der Waals surface area contributed by atoms with E-state index in [2.05, 4.69) is 28.9 Å². The second-order valence-corrected chi connectivity index (χ2v) is 6.03. The van der Waals surface area contributed by atoms with Crippen LogP contribution in [0.4, 0.5) is 0 Å². The van der Waals surface area contributed by atoms with Gasteiger partial charge in [0.1, 0.15) is 0 Å². The van der Waals surface area contributed by atoms with E-state index in [4.69, 9.17) is 0 Å². The molecule has 0 amide bonds. The van der Waals surface area contributed by atoms with Crippen molar-refractivity contribution in [1.29, 1.82) is 0 Å². The lowest BCUT2D eigenvalue weighted by Gasteiger charge is -2.48. The molecular weight excluding hydrogens is 208 g/mol. The number of likely N-dealkylation sites (N-methyl/N-ethyl adjacent to an activating group) is 1. The van der Waals surface area contributed by atoms with Crippen molar-refractivity contribution in [2.75, 3.05) is 32.7 Å². The van der Waals surface area contributed by atoms with Crippen LogP contribution in [0.1, 0.15) is 32.6 Å². The quantitative estimate of drug-likeness (QED) is 0.677. The average Bonchev–Trinajstić information content (AvgIpc) is 2.91. The number of likely N-dealkylation sites (tertiary alicyclic amines) is 2. The van der Waals surface area contributed by atoms with E-state index in [1.165, 1.54) is 58.4 Å². The van der Waals surface area contributed by atoms with Gasteiger partial charge >= 0.3 is 0 Å². The van der Waals surface area contributed by atoms with Crippen molar-refractivity contribution in [1.82, 2.24) is 9.80 Å². The molecule has 2 heteroatoms. The van der Waals surface area contributed by atoms with Crippen molar-refractivity contribution in [3.8, 4) is 0 Å². The SMILES string of the molecule is CCN1CC2CC=CCC2C(N2CCCC2)C1. The highest BCUT2D eigenvalue weighted by molar-refractivity contribution is 5.03. The van der Waals surface area contributed by atoms with Crippen LogP contribution in [0.25, 0.3) is 0 Å². The molecule has 0 aromatic carbocycles. The van der Waals surface area contributed by atoms with Gasteiger partial charge in [0.15, 0.2) is 0 Å². The Morgan fingerprint density at radius 3 is 2.59 bits per heavy atom. The summed E-state index contributed by atoms with van der Waals surface area (Å²) < 4.78 is 0. The van der Waals surface area contributed by atoms with Crippen LogP contribution >= 0.6 is 0 Å². The molecule has 2 heterocycles. The highest BCUT2D eigenvalue weighted by Crippen LogP contribution is 2.36. The van der Waals surface area contributed by atoms with Gasteiger partial charge < -0.3 is 4.90 Å². The van der Waals surface area contributed by atoms with Crippen molar-refractivity contribution < 1.29 is 0 Å². The van der Waals surface area contributed by atoms with Crippen LogP contribution in [-0.4, -0.2) is 48.6 Å². The molecule has 0 bridgehead atoms. The first kappa shape index (κ1) is 11.7. The van der Waals surface area contributed by atoms with E-state index in [1.807, 2.05) is 0 Å². The third kappa shape index (κ3) is 2.30. The number of rotatable bonds is 2. The van der Waals surface area contributed by atoms with E-state index in [-0.39, 0.29) is 0 Å². The maximum atomic E-state index is 2.79. The van der Waals surface area contributed by atoms with Gasteiger partial charge in [-0.25, -0.2) is 0 Å². The Balaban J connectivity index is 1.75. The minimum atomic E-state index is 0.848. The second kappa shape index (κ2) is 5.11. The molecule has 3 aliphatic rings. The first-order valence-electron chi connectivity index (χ1n) is 7.50. The lowest BCUT2D eigenvalue weighted by Crippen LogP contribution is -2.56. The summed E-state index contributed by atoms with van der Waals surface area (Å²) in [4.78, 5) is 5.47. The molecule has 0 spiro atoms. The Kier molecular flexibility index (Phi) is 3.53. The van der Waals surface area contributed by atoms with Gasteiger partial charge in [0.2, 0.25) is 0 Å². The fraction of sp³-hybridized carbons (Fsp3) is 0.867. The number of hydrogen-bond acceptors (Lipinski definition) is 2. The predicted molar refractivity (Wildman–Crippen MR) is 72.1 cm³/mol. The third-order valence-electron chi connectivity index (χ3n) is 5.11. The van der Waals surface area contributed by atoms with Gasteiger partial charge in [0.25, 0.3) is 0 Å². The maximum absolute atomic E-state index is 2.79. The summed E-state index contributed by atoms with van der Waals surface area (Å²) in [5.74, 6) is 1.88. The van der Waals surface area contributed by atoms with Crippen molar-refractivity contribution in [2.24, 2.45) is 11.8 Å². The summed E-state index contributed by atoms with van der Waals surface area (Å²) in [5.41, 5.74) is 0. The Morgan fingerprint density at radius 1 is 1.06 bits per heavy atom. The molecule has 0 radical (unpaired) electrons. The Morgan fingerprint density at radius 2 is 1.82 bits per heavy atom. The maximum Gasteiger partial charge on any atom is 0.0257 e. The second-order valence-electron chi connectivity index (χ2n) is 6.03. The van der Waals surface area contributed by atoms with E-state index < -0.39 is 0 Å². The van der Waals surface area contributed by atoms with Crippen LogP contribution in [-0.2, 0) is 0 Å². The number of hydrogen-bond donors (Lipinski definition) is 0. The van der Waals surface area contributed by atoms with E-state index in [1.54, 1.807) is 0 Å². The molecule has 0 aromatic rings. The van der Waals surface area contributed by atoms with Crippen molar-refractivity contribution in [2.45, 2.75) is 38.6 Å². The van der Waals surface area contributed by atoms with Gasteiger partial charge in [-0.1, -0.05) is 19.1 Å². The summed E-state index contributed by atoms with van der Waals surface area (Å²) in [6.07, 6.45) is 10.4. The van der Waals surface area contributed by atoms with Crippen LogP contribution in [0.3, 0.4) is 0 Å². The zero-order valence-corrected chi connectivity index (χ0v) is 11.1. The van der Waals surface area contributed by atoms with Crippen molar-refractivity contribution >= 4 is 0 Å². The van der Waals surface area contributed by atoms with Crippen LogP contribution in [0.2, 0.25) is 0 Å². The van der Waals surface area contributed by atoms with Crippen LogP contribution in [0.5, 0.6) is 0 Å². The molecular formula is C15H26N2. The van der Waals surface area contributed by atoms with Crippen LogP contribution < -0.4 is 0 Å². The molecule has 1 aliphatic carbocycles. The van der Waals surface area contributed by atoms with Gasteiger partial charge in [-0.05, 0) is 57.2 Å². The van der Waals surface area contributed by atoms with Gasteiger partial charge in [-0.2, -0.15) is 0 Å². The Labute approximate surface area is 106 Å². The van der Waals surface area contributed by atoms with E-state index in [0.717, 1.165) is 17.9 Å². The van der Waals surface area contributed by atoms with Crippen LogP contribution in [0.15, 0.2) is 12.2 Å². The summed E-state index contributed by atoms with van der Waals surface area (Å²) in [7, 11) is 0. The molecule has 0 saturated carbocycles. The minimum Gasteiger partial charge on any atom is -0.302 e. The molecule has 96 valence electrons. The Bertz CT molecular complexity index is 281. The number of nitrogens with zero attached hydrogens (tertiary/aromatic N) is 2. The van der Waals surface area contributed by atoms with Crippen molar-refractivity contribution in [3.63, 3.8) is 0 Å². The zero-order valence-electron chi connectivity index (χ0n) is 11.1. The molecule has 3 rings (SSSR count). The summed E-state index contributed by atoms with van der Waals surface area (Å²) >= 11 is 0. The molecule has 3 atom stereocenters. The summed E-state index contributed by atoms with van der Waals surface area (Å²) in [6.45, 7) is 8.93. The molecule has 2 saturated heterocycles. The van der Waals surface area contributed by atoms with E-state index in [9.17, 15) is 0 Å². The number of piperidine rings is 1. The topological polar surface area (TPSA) is 6.48 Å². The van der Waals surface area contributed by atoms with Gasteiger partial charge in [0.05, 0.1) is 0 Å². The zero-order chi connectivity index (χ0) is 11.7. The lowest BCUT2D eigenvalue weighted by molar-refractivity contribution is 0.0254. The molecule has 2 nitrogen and oxygen atoms in total. The van der Waals surface area contributed by atoms with Gasteiger partial charge in [0, 0.05) is 19.1 Å². The monoisotopic (exact) mass is 234 g/mol. The smallest absolute Gasteiger partial charge is 0.0257 e. The largest absolute Gasteiger partial charge is 0.302 e. The summed E-state index contributed by atoms with van der Waals surface area (Å²) in [6, 6.07) is 0.848. The van der Waals surface area contributed by atoms with E-state index in [0.29, 0.717) is 0 Å². The fourth-order valence-electron chi connectivity index (χ4n) is 4.10.